The van der Waals surface area contributed by atoms with Gasteiger partial charge in [0.15, 0.2) is 0 Å². The zero-order chi connectivity index (χ0) is 20.4. The van der Waals surface area contributed by atoms with E-state index in [0.717, 1.165) is 44.8 Å². The first-order valence-corrected chi connectivity index (χ1v) is 10.6. The molecular formula is C24H31N3O2. The van der Waals surface area contributed by atoms with E-state index in [1.54, 1.807) is 6.20 Å². The van der Waals surface area contributed by atoms with Gasteiger partial charge in [0.2, 0.25) is 0 Å². The van der Waals surface area contributed by atoms with Crippen LogP contribution < -0.4 is 4.90 Å². The SMILES string of the molecule is CC(C)(C)[C@H]1CN(c2ccc(C(=O)N3CCCC3)cn2)C[C@@H](c2ccccc2)O1. The molecule has 154 valence electrons. The number of hydrogen-bond acceptors (Lipinski definition) is 4. The third kappa shape index (κ3) is 4.45. The smallest absolute Gasteiger partial charge is 0.255 e. The van der Waals surface area contributed by atoms with E-state index in [-0.39, 0.29) is 23.5 Å². The number of likely N-dealkylation sites (tertiary alicyclic amines) is 1. The lowest BCUT2D eigenvalue weighted by Gasteiger charge is -2.44. The number of morpholine rings is 1. The average Bonchev–Trinajstić information content (AvgIpc) is 3.28. The van der Waals surface area contributed by atoms with Gasteiger partial charge in [-0.05, 0) is 36.0 Å². The lowest BCUT2D eigenvalue weighted by Crippen LogP contribution is -2.49. The van der Waals surface area contributed by atoms with E-state index in [1.165, 1.54) is 5.56 Å². The highest BCUT2D eigenvalue weighted by molar-refractivity contribution is 5.94. The minimum atomic E-state index is 0.00174. The molecule has 2 aliphatic heterocycles. The Morgan fingerprint density at radius 1 is 1.03 bits per heavy atom. The van der Waals surface area contributed by atoms with Crippen LogP contribution >= 0.6 is 0 Å². The summed E-state index contributed by atoms with van der Waals surface area (Å²) in [6.45, 7) is 9.91. The van der Waals surface area contributed by atoms with Gasteiger partial charge >= 0.3 is 0 Å². The van der Waals surface area contributed by atoms with Gasteiger partial charge in [0, 0.05) is 32.4 Å². The van der Waals surface area contributed by atoms with E-state index in [4.69, 9.17) is 4.74 Å². The lowest BCUT2D eigenvalue weighted by atomic mass is 9.87. The van der Waals surface area contributed by atoms with Crippen molar-refractivity contribution >= 4 is 11.7 Å². The van der Waals surface area contributed by atoms with Crippen molar-refractivity contribution in [3.05, 3.63) is 59.8 Å². The van der Waals surface area contributed by atoms with Crippen LogP contribution in [0.2, 0.25) is 0 Å². The van der Waals surface area contributed by atoms with Crippen molar-refractivity contribution in [3.8, 4) is 0 Å². The van der Waals surface area contributed by atoms with Gasteiger partial charge in [0.05, 0.1) is 11.7 Å². The molecule has 2 fully saturated rings. The van der Waals surface area contributed by atoms with Crippen LogP contribution in [0.1, 0.15) is 55.6 Å². The van der Waals surface area contributed by atoms with Gasteiger partial charge in [-0.3, -0.25) is 4.79 Å². The fourth-order valence-electron chi connectivity index (χ4n) is 4.08. The molecule has 1 aromatic carbocycles. The number of aromatic nitrogens is 1. The average molecular weight is 394 g/mol. The second-order valence-corrected chi connectivity index (χ2v) is 9.20. The highest BCUT2D eigenvalue weighted by atomic mass is 16.5. The van der Waals surface area contributed by atoms with Gasteiger partial charge in [0.25, 0.3) is 5.91 Å². The van der Waals surface area contributed by atoms with Crippen molar-refractivity contribution in [1.29, 1.82) is 0 Å². The van der Waals surface area contributed by atoms with Gasteiger partial charge < -0.3 is 14.5 Å². The zero-order valence-corrected chi connectivity index (χ0v) is 17.7. The molecule has 0 saturated carbocycles. The summed E-state index contributed by atoms with van der Waals surface area (Å²) in [5, 5.41) is 0. The van der Waals surface area contributed by atoms with E-state index < -0.39 is 0 Å². The molecule has 1 aromatic heterocycles. The van der Waals surface area contributed by atoms with Crippen LogP contribution in [0.4, 0.5) is 5.82 Å². The number of ether oxygens (including phenoxy) is 1. The zero-order valence-electron chi connectivity index (χ0n) is 17.7. The van der Waals surface area contributed by atoms with Crippen molar-refractivity contribution in [2.75, 3.05) is 31.1 Å². The topological polar surface area (TPSA) is 45.7 Å². The molecule has 0 unspecified atom stereocenters. The molecule has 1 amide bonds. The van der Waals surface area contributed by atoms with Gasteiger partial charge in [-0.2, -0.15) is 0 Å². The number of benzene rings is 1. The van der Waals surface area contributed by atoms with Gasteiger partial charge in [0.1, 0.15) is 11.9 Å². The molecule has 0 spiro atoms. The Morgan fingerprint density at radius 2 is 1.76 bits per heavy atom. The minimum Gasteiger partial charge on any atom is -0.366 e. The molecule has 0 radical (unpaired) electrons. The van der Waals surface area contributed by atoms with E-state index in [9.17, 15) is 4.79 Å². The summed E-state index contributed by atoms with van der Waals surface area (Å²) in [6.07, 6.45) is 4.02. The largest absolute Gasteiger partial charge is 0.366 e. The second kappa shape index (κ2) is 8.15. The second-order valence-electron chi connectivity index (χ2n) is 9.20. The molecule has 29 heavy (non-hydrogen) atoms. The Hall–Kier alpha value is -2.40. The first-order chi connectivity index (χ1) is 13.9. The van der Waals surface area contributed by atoms with Gasteiger partial charge in [-0.1, -0.05) is 51.1 Å². The lowest BCUT2D eigenvalue weighted by molar-refractivity contribution is -0.0792. The molecular weight excluding hydrogens is 362 g/mol. The number of carbonyl (C=O) groups excluding carboxylic acids is 1. The van der Waals surface area contributed by atoms with Crippen LogP contribution in [0.3, 0.4) is 0 Å². The van der Waals surface area contributed by atoms with Crippen LogP contribution in [-0.4, -0.2) is 48.1 Å². The van der Waals surface area contributed by atoms with E-state index in [1.807, 2.05) is 23.1 Å². The maximum Gasteiger partial charge on any atom is 0.255 e. The van der Waals surface area contributed by atoms with Crippen LogP contribution in [0, 0.1) is 5.41 Å². The van der Waals surface area contributed by atoms with Crippen LogP contribution in [0.25, 0.3) is 0 Å². The van der Waals surface area contributed by atoms with Gasteiger partial charge in [-0.15, -0.1) is 0 Å². The fourth-order valence-corrected chi connectivity index (χ4v) is 4.08. The number of hydrogen-bond donors (Lipinski definition) is 0. The van der Waals surface area contributed by atoms with Crippen molar-refractivity contribution in [1.82, 2.24) is 9.88 Å². The molecule has 0 aliphatic carbocycles. The quantitative estimate of drug-likeness (QED) is 0.780. The van der Waals surface area contributed by atoms with Crippen LogP contribution in [-0.2, 0) is 4.74 Å². The van der Waals surface area contributed by atoms with Crippen LogP contribution in [0.5, 0.6) is 0 Å². The summed E-state index contributed by atoms with van der Waals surface area (Å²) in [6, 6.07) is 14.3. The van der Waals surface area contributed by atoms with Crippen molar-refractivity contribution in [2.45, 2.75) is 45.8 Å². The number of nitrogens with zero attached hydrogens (tertiary/aromatic N) is 3. The standard InChI is InChI=1S/C24H31N3O2/c1-24(2,3)21-17-27(16-20(29-21)18-9-5-4-6-10-18)22-12-11-19(15-25-22)23(28)26-13-7-8-14-26/h4-6,9-12,15,20-21H,7-8,13-14,16-17H2,1-3H3/t20-,21+/m0/s1. The number of carbonyl (C=O) groups is 1. The molecule has 2 aromatic rings. The molecule has 0 bridgehead atoms. The van der Waals surface area contributed by atoms with E-state index in [2.05, 4.69) is 54.9 Å². The summed E-state index contributed by atoms with van der Waals surface area (Å²) < 4.78 is 6.49. The summed E-state index contributed by atoms with van der Waals surface area (Å²) in [4.78, 5) is 21.5. The molecule has 5 heteroatoms. The Bertz CT molecular complexity index is 823. The van der Waals surface area contributed by atoms with Crippen molar-refractivity contribution in [3.63, 3.8) is 0 Å². The molecule has 4 rings (SSSR count). The number of amides is 1. The summed E-state index contributed by atoms with van der Waals surface area (Å²) in [5.74, 6) is 1.000. The fraction of sp³-hybridized carbons (Fsp3) is 0.500. The maximum atomic E-state index is 12.6. The molecule has 2 saturated heterocycles. The Balaban J connectivity index is 1.54. The molecule has 2 atom stereocenters. The number of pyridine rings is 1. The third-order valence-corrected chi connectivity index (χ3v) is 5.95. The van der Waals surface area contributed by atoms with E-state index in [0.29, 0.717) is 5.56 Å². The highest BCUT2D eigenvalue weighted by Crippen LogP contribution is 2.35. The first-order valence-electron chi connectivity index (χ1n) is 10.6. The molecule has 3 heterocycles. The maximum absolute atomic E-state index is 12.6. The van der Waals surface area contributed by atoms with Gasteiger partial charge in [-0.25, -0.2) is 4.98 Å². The predicted molar refractivity (Wildman–Crippen MR) is 115 cm³/mol. The van der Waals surface area contributed by atoms with E-state index >= 15 is 0 Å². The third-order valence-electron chi connectivity index (χ3n) is 5.95. The predicted octanol–water partition coefficient (Wildman–Crippen LogP) is 4.31. The Labute approximate surface area is 173 Å². The first kappa shape index (κ1) is 19.9. The minimum absolute atomic E-state index is 0.00174. The monoisotopic (exact) mass is 393 g/mol. The summed E-state index contributed by atoms with van der Waals surface area (Å²) in [5.41, 5.74) is 1.89. The molecule has 2 aliphatic rings. The van der Waals surface area contributed by atoms with Crippen LogP contribution in [0.15, 0.2) is 48.7 Å². The highest BCUT2D eigenvalue weighted by Gasteiger charge is 2.36. The normalized spacial score (nSPS) is 22.7. The number of rotatable bonds is 3. The van der Waals surface area contributed by atoms with Crippen molar-refractivity contribution < 1.29 is 9.53 Å². The summed E-state index contributed by atoms with van der Waals surface area (Å²) >= 11 is 0. The summed E-state index contributed by atoms with van der Waals surface area (Å²) in [7, 11) is 0. The molecule has 0 N–H and O–H groups in total. The Kier molecular flexibility index (Phi) is 5.59. The number of anilines is 1. The Morgan fingerprint density at radius 3 is 2.38 bits per heavy atom. The molecule has 5 nitrogen and oxygen atoms in total. The van der Waals surface area contributed by atoms with Crippen molar-refractivity contribution in [2.24, 2.45) is 5.41 Å².